The van der Waals surface area contributed by atoms with Crippen LogP contribution in [0.2, 0.25) is 0 Å². The molecule has 0 radical (unpaired) electrons. The fraction of sp³-hybridized carbons (Fsp3) is 0.538. The van der Waals surface area contributed by atoms with Crippen molar-refractivity contribution in [3.63, 3.8) is 0 Å². The molecule has 5 heterocycles. The minimum atomic E-state index is -1.09. The Labute approximate surface area is 215 Å². The van der Waals surface area contributed by atoms with Gasteiger partial charge in [-0.15, -0.1) is 0 Å². The van der Waals surface area contributed by atoms with Crippen LogP contribution in [0.15, 0.2) is 31.2 Å². The van der Waals surface area contributed by atoms with Gasteiger partial charge in [0.1, 0.15) is 17.6 Å². The summed E-state index contributed by atoms with van der Waals surface area (Å²) in [5.41, 5.74) is 2.67. The van der Waals surface area contributed by atoms with Crippen molar-refractivity contribution in [3.05, 3.63) is 36.8 Å². The van der Waals surface area contributed by atoms with E-state index in [9.17, 15) is 4.79 Å². The van der Waals surface area contributed by atoms with Gasteiger partial charge in [0, 0.05) is 25.5 Å². The number of nitrogens with zero attached hydrogens (tertiary/aromatic N) is 6. The molecule has 3 aromatic rings. The summed E-state index contributed by atoms with van der Waals surface area (Å²) in [6.45, 7) is 6.34. The zero-order valence-electron chi connectivity index (χ0n) is 21.2. The molecule has 2 atom stereocenters. The van der Waals surface area contributed by atoms with Crippen LogP contribution in [-0.2, 0) is 4.79 Å². The third-order valence-corrected chi connectivity index (χ3v) is 7.84. The number of carbonyl (C=O) groups excluding carboxylic acids is 1. The van der Waals surface area contributed by atoms with E-state index in [1.54, 1.807) is 11.1 Å². The van der Waals surface area contributed by atoms with E-state index in [0.29, 0.717) is 35.9 Å². The first-order valence-electron chi connectivity index (χ1n) is 13.2. The number of likely N-dealkylation sites (tertiary alicyclic amines) is 2. The molecular formula is C26H34FN9O. The van der Waals surface area contributed by atoms with Crippen molar-refractivity contribution in [2.45, 2.75) is 56.3 Å². The lowest BCUT2D eigenvalue weighted by atomic mass is 10.0. The molecule has 0 bridgehead atoms. The number of hydrogen-bond acceptors (Lipinski definition) is 7. The highest BCUT2D eigenvalue weighted by Crippen LogP contribution is 2.45. The number of hydrogen-bond donors (Lipinski definition) is 3. The van der Waals surface area contributed by atoms with Gasteiger partial charge in [-0.3, -0.25) is 9.48 Å². The van der Waals surface area contributed by atoms with Gasteiger partial charge >= 0.3 is 0 Å². The Kier molecular flexibility index (Phi) is 6.31. The van der Waals surface area contributed by atoms with E-state index in [0.717, 1.165) is 55.4 Å². The molecule has 0 unspecified atom stereocenters. The second kappa shape index (κ2) is 9.77. The second-order valence-corrected chi connectivity index (χ2v) is 10.6. The number of fused-ring (bicyclic) bond motifs is 1. The fourth-order valence-corrected chi connectivity index (χ4v) is 5.49. The number of H-pyrrole nitrogens is 1. The average Bonchev–Trinajstić information content (AvgIpc) is 3.49. The van der Waals surface area contributed by atoms with Gasteiger partial charge in [-0.2, -0.15) is 15.1 Å². The van der Waals surface area contributed by atoms with Crippen LogP contribution in [0.5, 0.6) is 0 Å². The summed E-state index contributed by atoms with van der Waals surface area (Å²) in [5, 5.41) is 12.1. The van der Waals surface area contributed by atoms with Crippen molar-refractivity contribution in [1.29, 1.82) is 0 Å². The molecule has 37 heavy (non-hydrogen) atoms. The van der Waals surface area contributed by atoms with Crippen molar-refractivity contribution in [2.24, 2.45) is 0 Å². The maximum atomic E-state index is 15.0. The highest BCUT2D eigenvalue weighted by Gasteiger charge is 2.33. The lowest BCUT2D eigenvalue weighted by molar-refractivity contribution is -0.127. The van der Waals surface area contributed by atoms with E-state index >= 15 is 4.39 Å². The number of amides is 1. The van der Waals surface area contributed by atoms with E-state index in [4.69, 9.17) is 9.97 Å². The summed E-state index contributed by atoms with van der Waals surface area (Å²) in [7, 11) is 2.15. The normalized spacial score (nSPS) is 23.4. The lowest BCUT2D eigenvalue weighted by Gasteiger charge is -2.35. The Hall–Kier alpha value is -3.47. The summed E-state index contributed by atoms with van der Waals surface area (Å²) in [6.07, 6.45) is 10.6. The third-order valence-electron chi connectivity index (χ3n) is 7.84. The maximum absolute atomic E-state index is 15.0. The van der Waals surface area contributed by atoms with Crippen molar-refractivity contribution < 1.29 is 9.18 Å². The molecule has 196 valence electrons. The fourth-order valence-electron chi connectivity index (χ4n) is 5.49. The minimum absolute atomic E-state index is 0.184. The number of aromatic nitrogens is 5. The summed E-state index contributed by atoms with van der Waals surface area (Å²) < 4.78 is 17.0. The number of piperidine rings is 2. The molecule has 11 heteroatoms. The molecule has 2 saturated heterocycles. The van der Waals surface area contributed by atoms with Crippen molar-refractivity contribution in [2.75, 3.05) is 43.9 Å². The topological polar surface area (TPSA) is 107 Å². The predicted molar refractivity (Wildman–Crippen MR) is 141 cm³/mol. The second-order valence-electron chi connectivity index (χ2n) is 10.6. The van der Waals surface area contributed by atoms with E-state index < -0.39 is 12.2 Å². The van der Waals surface area contributed by atoms with Crippen LogP contribution in [0.25, 0.3) is 11.0 Å². The van der Waals surface area contributed by atoms with E-state index in [1.165, 1.54) is 6.08 Å². The van der Waals surface area contributed by atoms with Crippen LogP contribution in [0.3, 0.4) is 0 Å². The quantitative estimate of drug-likeness (QED) is 0.420. The smallest absolute Gasteiger partial charge is 0.246 e. The molecular weight excluding hydrogens is 473 g/mol. The molecule has 3 fully saturated rings. The molecule has 2 aliphatic heterocycles. The van der Waals surface area contributed by atoms with Gasteiger partial charge in [-0.1, -0.05) is 6.58 Å². The molecule has 3 aliphatic rings. The standard InChI is InChI=1S/C26H34FN9O/c1-3-22(37)35-11-8-20(27)21(15-35)31-25-23-19(16-4-5-16)13-28-24(23)32-26(33-25)30-17-12-29-36(14-17)18-6-9-34(2)10-7-18/h3,12-14,16,18,20-21H,1,4-11,15H2,2H3,(H3,28,30,31,32,33)/t20-,21+/m1/s1. The maximum Gasteiger partial charge on any atom is 0.246 e. The molecule has 1 saturated carbocycles. The van der Waals surface area contributed by atoms with Gasteiger partial charge in [-0.25, -0.2) is 4.39 Å². The monoisotopic (exact) mass is 507 g/mol. The zero-order chi connectivity index (χ0) is 25.5. The van der Waals surface area contributed by atoms with Gasteiger partial charge < -0.3 is 25.4 Å². The van der Waals surface area contributed by atoms with Gasteiger partial charge in [0.15, 0.2) is 0 Å². The number of anilines is 3. The predicted octanol–water partition coefficient (Wildman–Crippen LogP) is 3.58. The van der Waals surface area contributed by atoms with Gasteiger partial charge in [-0.05, 0) is 69.8 Å². The summed E-state index contributed by atoms with van der Waals surface area (Å²) in [4.78, 5) is 29.0. The highest BCUT2D eigenvalue weighted by molar-refractivity contribution is 5.93. The van der Waals surface area contributed by atoms with Crippen LogP contribution in [0, 0.1) is 0 Å². The van der Waals surface area contributed by atoms with Crippen LogP contribution < -0.4 is 10.6 Å². The van der Waals surface area contributed by atoms with Crippen LogP contribution >= 0.6 is 0 Å². The number of aromatic amines is 1. The Morgan fingerprint density at radius 2 is 2.00 bits per heavy atom. The molecule has 10 nitrogen and oxygen atoms in total. The van der Waals surface area contributed by atoms with Gasteiger partial charge in [0.05, 0.1) is 29.4 Å². The van der Waals surface area contributed by atoms with Crippen LogP contribution in [0.1, 0.15) is 49.6 Å². The SMILES string of the molecule is C=CC(=O)N1CC[C@@H](F)[C@@H](Nc2nc(Nc3cnn(C4CCN(C)CC4)c3)nc3[nH]cc(C4CC4)c23)C1. The molecule has 3 N–H and O–H groups in total. The summed E-state index contributed by atoms with van der Waals surface area (Å²) in [6, 6.07) is -0.191. The number of carbonyl (C=O) groups is 1. The van der Waals surface area contributed by atoms with Crippen LogP contribution in [-0.4, -0.2) is 85.9 Å². The van der Waals surface area contributed by atoms with Gasteiger partial charge in [0.2, 0.25) is 11.9 Å². The molecule has 6 rings (SSSR count). The number of halogens is 1. The molecule has 1 aliphatic carbocycles. The zero-order valence-corrected chi connectivity index (χ0v) is 21.2. The largest absolute Gasteiger partial charge is 0.362 e. The number of rotatable bonds is 7. The van der Waals surface area contributed by atoms with Crippen LogP contribution in [0.4, 0.5) is 21.8 Å². The van der Waals surface area contributed by atoms with Crippen molar-refractivity contribution in [3.8, 4) is 0 Å². The molecule has 3 aromatic heterocycles. The Morgan fingerprint density at radius 1 is 1.19 bits per heavy atom. The van der Waals surface area contributed by atoms with E-state index in [1.807, 2.05) is 17.1 Å². The van der Waals surface area contributed by atoms with Crippen molar-refractivity contribution in [1.82, 2.24) is 34.5 Å². The molecule has 1 amide bonds. The third kappa shape index (κ3) is 4.92. The summed E-state index contributed by atoms with van der Waals surface area (Å²) in [5.74, 6) is 1.28. The summed E-state index contributed by atoms with van der Waals surface area (Å²) >= 11 is 0. The lowest BCUT2D eigenvalue weighted by Crippen LogP contribution is -2.50. The highest BCUT2D eigenvalue weighted by atomic mass is 19.1. The number of nitrogens with one attached hydrogen (secondary N) is 3. The number of alkyl halides is 1. The van der Waals surface area contributed by atoms with Gasteiger partial charge in [0.25, 0.3) is 0 Å². The molecule has 0 spiro atoms. The Balaban J connectivity index is 1.27. The minimum Gasteiger partial charge on any atom is -0.362 e. The first-order valence-corrected chi connectivity index (χ1v) is 13.2. The van der Waals surface area contributed by atoms with Crippen molar-refractivity contribution >= 4 is 34.4 Å². The molecule has 0 aromatic carbocycles. The first kappa shape index (κ1) is 23.9. The van der Waals surface area contributed by atoms with E-state index in [-0.39, 0.29) is 18.9 Å². The van der Waals surface area contributed by atoms with E-state index in [2.05, 4.69) is 39.2 Å². The Morgan fingerprint density at radius 3 is 2.76 bits per heavy atom. The Bertz CT molecular complexity index is 1290. The average molecular weight is 508 g/mol. The first-order chi connectivity index (χ1) is 18.0.